The van der Waals surface area contributed by atoms with Gasteiger partial charge in [-0.25, -0.2) is 0 Å². The first kappa shape index (κ1) is 13.9. The Morgan fingerprint density at radius 3 is 2.84 bits per heavy atom. The predicted octanol–water partition coefficient (Wildman–Crippen LogP) is 2.93. The zero-order valence-electron chi connectivity index (χ0n) is 11.2. The van der Waals surface area contributed by atoms with Gasteiger partial charge in [0, 0.05) is 43.2 Å². The first-order valence-corrected chi connectivity index (χ1v) is 7.14. The van der Waals surface area contributed by atoms with Crippen molar-refractivity contribution in [3.05, 3.63) is 46.5 Å². The Morgan fingerprint density at radius 2 is 2.21 bits per heavy atom. The van der Waals surface area contributed by atoms with Gasteiger partial charge in [-0.3, -0.25) is 4.79 Å². The van der Waals surface area contributed by atoms with Crippen molar-refractivity contribution in [1.82, 2.24) is 14.5 Å². The number of nitrogens with zero attached hydrogens (tertiary/aromatic N) is 2. The minimum Gasteiger partial charge on any atom is -0.357 e. The fourth-order valence-electron chi connectivity index (χ4n) is 2.03. The van der Waals surface area contributed by atoms with Crippen molar-refractivity contribution in [3.63, 3.8) is 0 Å². The fraction of sp³-hybridized carbons (Fsp3) is 0.357. The minimum atomic E-state index is -0.0389. The molecule has 0 saturated heterocycles. The standard InChI is InChI=1S/C14H18BrN3O/c1-3-5-18-10-12(15)7-13(18)14(19)16-8-11-4-6-17(2)9-11/h4,6-7,9-10H,3,5,8H2,1-2H3,(H,16,19). The quantitative estimate of drug-likeness (QED) is 0.902. The predicted molar refractivity (Wildman–Crippen MR) is 79.0 cm³/mol. The minimum absolute atomic E-state index is 0.0389. The number of carbonyl (C=O) groups excluding carboxylic acids is 1. The van der Waals surface area contributed by atoms with E-state index in [-0.39, 0.29) is 5.91 Å². The number of amides is 1. The van der Waals surface area contributed by atoms with E-state index in [9.17, 15) is 4.79 Å². The molecule has 19 heavy (non-hydrogen) atoms. The molecule has 2 heterocycles. The third kappa shape index (κ3) is 3.50. The zero-order chi connectivity index (χ0) is 13.8. The van der Waals surface area contributed by atoms with E-state index in [1.165, 1.54) is 0 Å². The molecule has 2 rings (SSSR count). The number of rotatable bonds is 5. The van der Waals surface area contributed by atoms with Crippen LogP contribution in [0.15, 0.2) is 35.2 Å². The summed E-state index contributed by atoms with van der Waals surface area (Å²) in [4.78, 5) is 12.2. The maximum atomic E-state index is 12.2. The number of aromatic nitrogens is 2. The van der Waals surface area contributed by atoms with Gasteiger partial charge in [-0.2, -0.15) is 0 Å². The van der Waals surface area contributed by atoms with Crippen LogP contribution in [0, 0.1) is 0 Å². The Bertz CT molecular complexity index is 571. The Hall–Kier alpha value is -1.49. The van der Waals surface area contributed by atoms with Crippen molar-refractivity contribution in [2.75, 3.05) is 0 Å². The molecule has 0 spiro atoms. The number of nitrogens with one attached hydrogen (secondary N) is 1. The van der Waals surface area contributed by atoms with E-state index < -0.39 is 0 Å². The second-order valence-electron chi connectivity index (χ2n) is 4.60. The lowest BCUT2D eigenvalue weighted by atomic mass is 10.3. The van der Waals surface area contributed by atoms with Crippen molar-refractivity contribution in [2.45, 2.75) is 26.4 Å². The summed E-state index contributed by atoms with van der Waals surface area (Å²) >= 11 is 3.42. The van der Waals surface area contributed by atoms with Gasteiger partial charge in [0.05, 0.1) is 0 Å². The average Bonchev–Trinajstić information content (AvgIpc) is 2.93. The summed E-state index contributed by atoms with van der Waals surface area (Å²) in [6, 6.07) is 3.86. The van der Waals surface area contributed by atoms with Crippen LogP contribution in [0.25, 0.3) is 0 Å². The topological polar surface area (TPSA) is 39.0 Å². The van der Waals surface area contributed by atoms with Crippen molar-refractivity contribution < 1.29 is 4.79 Å². The number of halogens is 1. The smallest absolute Gasteiger partial charge is 0.268 e. The molecule has 1 N–H and O–H groups in total. The fourth-order valence-corrected chi connectivity index (χ4v) is 2.49. The maximum absolute atomic E-state index is 12.2. The third-order valence-electron chi connectivity index (χ3n) is 2.91. The summed E-state index contributed by atoms with van der Waals surface area (Å²) in [7, 11) is 1.97. The summed E-state index contributed by atoms with van der Waals surface area (Å²) in [6.07, 6.45) is 6.92. The molecule has 0 unspecified atom stereocenters. The molecule has 0 bridgehead atoms. The van der Waals surface area contributed by atoms with E-state index in [1.807, 2.05) is 46.9 Å². The summed E-state index contributed by atoms with van der Waals surface area (Å²) in [5, 5.41) is 2.95. The molecule has 0 atom stereocenters. The van der Waals surface area contributed by atoms with Crippen molar-refractivity contribution in [3.8, 4) is 0 Å². The van der Waals surface area contributed by atoms with E-state index in [2.05, 4.69) is 28.2 Å². The molecule has 2 aromatic rings. The lowest BCUT2D eigenvalue weighted by Crippen LogP contribution is -2.25. The highest BCUT2D eigenvalue weighted by Crippen LogP contribution is 2.15. The second-order valence-corrected chi connectivity index (χ2v) is 5.52. The van der Waals surface area contributed by atoms with Gasteiger partial charge >= 0.3 is 0 Å². The summed E-state index contributed by atoms with van der Waals surface area (Å²) in [5.41, 5.74) is 1.80. The Kier molecular flexibility index (Phi) is 4.47. The van der Waals surface area contributed by atoms with Gasteiger partial charge in [0.25, 0.3) is 5.91 Å². The normalized spacial score (nSPS) is 10.7. The monoisotopic (exact) mass is 323 g/mol. The highest BCUT2D eigenvalue weighted by molar-refractivity contribution is 9.10. The van der Waals surface area contributed by atoms with E-state index in [0.29, 0.717) is 12.2 Å². The molecule has 1 amide bonds. The molecule has 4 nitrogen and oxygen atoms in total. The van der Waals surface area contributed by atoms with Gasteiger partial charge in [0.15, 0.2) is 0 Å². The molecular formula is C14H18BrN3O. The van der Waals surface area contributed by atoms with Gasteiger partial charge in [0.2, 0.25) is 0 Å². The third-order valence-corrected chi connectivity index (χ3v) is 3.34. The van der Waals surface area contributed by atoms with Crippen LogP contribution in [0.5, 0.6) is 0 Å². The Balaban J connectivity index is 2.03. The molecule has 0 aliphatic carbocycles. The van der Waals surface area contributed by atoms with Crippen LogP contribution < -0.4 is 5.32 Å². The summed E-state index contributed by atoms with van der Waals surface area (Å²) < 4.78 is 4.88. The van der Waals surface area contributed by atoms with Crippen molar-refractivity contribution in [1.29, 1.82) is 0 Å². The van der Waals surface area contributed by atoms with Crippen LogP contribution in [-0.4, -0.2) is 15.0 Å². The van der Waals surface area contributed by atoms with E-state index in [4.69, 9.17) is 0 Å². The largest absolute Gasteiger partial charge is 0.357 e. The zero-order valence-corrected chi connectivity index (χ0v) is 12.8. The van der Waals surface area contributed by atoms with Crippen LogP contribution in [-0.2, 0) is 20.1 Å². The molecule has 0 aliphatic heterocycles. The van der Waals surface area contributed by atoms with Crippen molar-refractivity contribution in [2.24, 2.45) is 7.05 Å². The highest BCUT2D eigenvalue weighted by Gasteiger charge is 2.12. The molecular weight excluding hydrogens is 306 g/mol. The van der Waals surface area contributed by atoms with Crippen molar-refractivity contribution >= 4 is 21.8 Å². The Morgan fingerprint density at radius 1 is 1.42 bits per heavy atom. The van der Waals surface area contributed by atoms with Gasteiger partial charge < -0.3 is 14.5 Å². The number of aryl methyl sites for hydroxylation is 2. The van der Waals surface area contributed by atoms with E-state index >= 15 is 0 Å². The molecule has 102 valence electrons. The van der Waals surface area contributed by atoms with Crippen LogP contribution in [0.2, 0.25) is 0 Å². The Labute approximate surface area is 121 Å². The lowest BCUT2D eigenvalue weighted by molar-refractivity contribution is 0.0941. The van der Waals surface area contributed by atoms with E-state index in [1.54, 1.807) is 0 Å². The first-order valence-electron chi connectivity index (χ1n) is 6.35. The first-order chi connectivity index (χ1) is 9.10. The second kappa shape index (κ2) is 6.10. The number of hydrogen-bond donors (Lipinski definition) is 1. The van der Waals surface area contributed by atoms with Gasteiger partial charge in [-0.15, -0.1) is 0 Å². The molecule has 0 saturated carbocycles. The SMILES string of the molecule is CCCn1cc(Br)cc1C(=O)NCc1ccn(C)c1. The molecule has 2 aromatic heterocycles. The molecule has 0 aliphatic rings. The molecule has 5 heteroatoms. The van der Waals surface area contributed by atoms with E-state index in [0.717, 1.165) is 23.0 Å². The summed E-state index contributed by atoms with van der Waals surface area (Å²) in [6.45, 7) is 3.49. The summed E-state index contributed by atoms with van der Waals surface area (Å²) in [5.74, 6) is -0.0389. The van der Waals surface area contributed by atoms with Crippen LogP contribution in [0.4, 0.5) is 0 Å². The number of hydrogen-bond acceptors (Lipinski definition) is 1. The van der Waals surface area contributed by atoms with Gasteiger partial charge in [-0.1, -0.05) is 6.92 Å². The van der Waals surface area contributed by atoms with Crippen LogP contribution in [0.1, 0.15) is 29.4 Å². The highest BCUT2D eigenvalue weighted by atomic mass is 79.9. The van der Waals surface area contributed by atoms with Crippen LogP contribution in [0.3, 0.4) is 0 Å². The number of carbonyl (C=O) groups is 1. The van der Waals surface area contributed by atoms with Gasteiger partial charge in [0.1, 0.15) is 5.69 Å². The van der Waals surface area contributed by atoms with Crippen LogP contribution >= 0.6 is 15.9 Å². The lowest BCUT2D eigenvalue weighted by Gasteiger charge is -2.08. The average molecular weight is 324 g/mol. The molecule has 0 aromatic carbocycles. The maximum Gasteiger partial charge on any atom is 0.268 e. The molecule has 0 fully saturated rings. The van der Waals surface area contributed by atoms with Gasteiger partial charge in [-0.05, 0) is 40.0 Å². The molecule has 0 radical (unpaired) electrons.